The first-order chi connectivity index (χ1) is 23.8. The second-order valence-electron chi connectivity index (χ2n) is 12.6. The molecule has 0 amide bonds. The molecule has 0 N–H and O–H groups in total. The summed E-state index contributed by atoms with van der Waals surface area (Å²) in [6.07, 6.45) is 0. The third-order valence-electron chi connectivity index (χ3n) is 9.78. The number of hydrogen-bond donors (Lipinski definition) is 0. The number of anilines is 3. The maximum atomic E-state index is 2.45. The molecule has 0 unspecified atom stereocenters. The van der Waals surface area contributed by atoms with Gasteiger partial charge in [-0.25, -0.2) is 0 Å². The Morgan fingerprint density at radius 1 is 0.333 bits per heavy atom. The third kappa shape index (κ3) is 4.31. The van der Waals surface area contributed by atoms with Gasteiger partial charge in [0.15, 0.2) is 0 Å². The van der Waals surface area contributed by atoms with Crippen molar-refractivity contribution < 1.29 is 0 Å². The van der Waals surface area contributed by atoms with Crippen LogP contribution in [0.1, 0.15) is 0 Å². The highest BCUT2D eigenvalue weighted by molar-refractivity contribution is 7.25. The van der Waals surface area contributed by atoms with E-state index in [1.165, 1.54) is 80.1 Å². The molecule has 224 valence electrons. The van der Waals surface area contributed by atoms with E-state index < -0.39 is 0 Å². The quantitative estimate of drug-likeness (QED) is 0.176. The standard InChI is InChI=1S/C46H29NS/c1-2-10-30(11-3-1)31-20-22-36(23-21-31)47(37-24-25-40-42-26-33-13-4-5-14-34(33)28-44(42)48-45(40)29-37)43-27-35-19-18-32-12-6-7-15-38(32)46(35)41-17-9-8-16-39(41)43/h1-29H. The van der Waals surface area contributed by atoms with Crippen LogP contribution >= 0.6 is 11.3 Å². The molecule has 0 radical (unpaired) electrons. The lowest BCUT2D eigenvalue weighted by molar-refractivity contribution is 1.31. The summed E-state index contributed by atoms with van der Waals surface area (Å²) in [6, 6.07) is 64.6. The normalized spacial score (nSPS) is 11.8. The zero-order valence-electron chi connectivity index (χ0n) is 26.1. The third-order valence-corrected chi connectivity index (χ3v) is 10.9. The Hall–Kier alpha value is -5.96. The molecule has 10 rings (SSSR count). The van der Waals surface area contributed by atoms with Crippen molar-refractivity contribution in [3.05, 3.63) is 176 Å². The minimum absolute atomic E-state index is 1.13. The van der Waals surface area contributed by atoms with Crippen LogP contribution in [0.2, 0.25) is 0 Å². The van der Waals surface area contributed by atoms with E-state index in [0.717, 1.165) is 11.4 Å². The highest BCUT2D eigenvalue weighted by Gasteiger charge is 2.19. The molecular formula is C46H29NS. The summed E-state index contributed by atoms with van der Waals surface area (Å²) in [6.45, 7) is 0. The molecular weight excluding hydrogens is 599 g/mol. The van der Waals surface area contributed by atoms with Gasteiger partial charge in [0.1, 0.15) is 0 Å². The first kappa shape index (κ1) is 27.2. The molecule has 0 aliphatic rings. The Labute approximate surface area is 282 Å². The van der Waals surface area contributed by atoms with E-state index in [9.17, 15) is 0 Å². The summed E-state index contributed by atoms with van der Waals surface area (Å²) in [5.41, 5.74) is 5.88. The first-order valence-corrected chi connectivity index (χ1v) is 17.2. The summed E-state index contributed by atoms with van der Waals surface area (Å²) in [5.74, 6) is 0. The SMILES string of the molecule is c1ccc(-c2ccc(N(c3ccc4c(c3)sc3cc5ccccc5cc34)c3cc4ccc5ccccc5c4c4ccccc34)cc2)cc1. The minimum Gasteiger partial charge on any atom is -0.310 e. The van der Waals surface area contributed by atoms with Gasteiger partial charge >= 0.3 is 0 Å². The minimum atomic E-state index is 1.13. The van der Waals surface area contributed by atoms with E-state index in [-0.39, 0.29) is 0 Å². The fourth-order valence-electron chi connectivity index (χ4n) is 7.49. The summed E-state index contributed by atoms with van der Waals surface area (Å²) >= 11 is 1.88. The molecule has 0 spiro atoms. The van der Waals surface area contributed by atoms with Crippen LogP contribution in [0.15, 0.2) is 176 Å². The van der Waals surface area contributed by atoms with Crippen molar-refractivity contribution in [2.45, 2.75) is 0 Å². The molecule has 1 aromatic heterocycles. The smallest absolute Gasteiger partial charge is 0.0546 e. The van der Waals surface area contributed by atoms with Crippen LogP contribution in [0.25, 0.3) is 74.4 Å². The van der Waals surface area contributed by atoms with Crippen molar-refractivity contribution in [1.82, 2.24) is 0 Å². The van der Waals surface area contributed by atoms with Gasteiger partial charge in [-0.1, -0.05) is 133 Å². The molecule has 2 heteroatoms. The van der Waals surface area contributed by atoms with Crippen LogP contribution in [0.4, 0.5) is 17.1 Å². The highest BCUT2D eigenvalue weighted by Crippen LogP contribution is 2.46. The van der Waals surface area contributed by atoms with Crippen molar-refractivity contribution in [3.63, 3.8) is 0 Å². The number of benzene rings is 9. The summed E-state index contributed by atoms with van der Waals surface area (Å²) in [4.78, 5) is 2.45. The van der Waals surface area contributed by atoms with E-state index in [2.05, 4.69) is 181 Å². The van der Waals surface area contributed by atoms with Crippen LogP contribution in [-0.2, 0) is 0 Å². The van der Waals surface area contributed by atoms with E-state index >= 15 is 0 Å². The molecule has 0 aliphatic heterocycles. The largest absolute Gasteiger partial charge is 0.310 e. The molecule has 9 aromatic carbocycles. The Morgan fingerprint density at radius 2 is 0.938 bits per heavy atom. The topological polar surface area (TPSA) is 3.24 Å². The molecule has 48 heavy (non-hydrogen) atoms. The van der Waals surface area contributed by atoms with E-state index in [1.807, 2.05) is 11.3 Å². The highest BCUT2D eigenvalue weighted by atomic mass is 32.1. The lowest BCUT2D eigenvalue weighted by atomic mass is 9.94. The Morgan fingerprint density at radius 3 is 1.75 bits per heavy atom. The van der Waals surface area contributed by atoms with Crippen LogP contribution in [-0.4, -0.2) is 0 Å². The van der Waals surface area contributed by atoms with Gasteiger partial charge in [-0.15, -0.1) is 11.3 Å². The second-order valence-corrected chi connectivity index (χ2v) is 13.6. The number of nitrogens with zero attached hydrogens (tertiary/aromatic N) is 1. The van der Waals surface area contributed by atoms with Crippen LogP contribution < -0.4 is 4.90 Å². The van der Waals surface area contributed by atoms with E-state index in [1.54, 1.807) is 0 Å². The molecule has 1 heterocycles. The zero-order chi connectivity index (χ0) is 31.6. The van der Waals surface area contributed by atoms with Gasteiger partial charge in [0.2, 0.25) is 0 Å². The van der Waals surface area contributed by atoms with Crippen molar-refractivity contribution >= 4 is 91.7 Å². The number of rotatable bonds is 4. The van der Waals surface area contributed by atoms with Crippen molar-refractivity contribution in [2.75, 3.05) is 4.90 Å². The fourth-order valence-corrected chi connectivity index (χ4v) is 8.66. The maximum Gasteiger partial charge on any atom is 0.0546 e. The summed E-state index contributed by atoms with van der Waals surface area (Å²) < 4.78 is 2.61. The molecule has 0 aliphatic carbocycles. The molecule has 10 aromatic rings. The van der Waals surface area contributed by atoms with Gasteiger partial charge in [0.05, 0.1) is 5.69 Å². The maximum absolute atomic E-state index is 2.45. The molecule has 0 fully saturated rings. The predicted octanol–water partition coefficient (Wildman–Crippen LogP) is 13.8. The predicted molar refractivity (Wildman–Crippen MR) is 209 cm³/mol. The lowest BCUT2D eigenvalue weighted by Crippen LogP contribution is -2.10. The monoisotopic (exact) mass is 627 g/mol. The molecule has 0 saturated heterocycles. The van der Waals surface area contributed by atoms with Gasteiger partial charge in [0, 0.05) is 36.9 Å². The molecule has 1 nitrogen and oxygen atoms in total. The Bertz CT molecular complexity index is 2830. The van der Waals surface area contributed by atoms with Crippen molar-refractivity contribution in [1.29, 1.82) is 0 Å². The summed E-state index contributed by atoms with van der Waals surface area (Å²) in [7, 11) is 0. The van der Waals surface area contributed by atoms with Crippen LogP contribution in [0, 0.1) is 0 Å². The Balaban J connectivity index is 1.23. The molecule has 0 bridgehead atoms. The number of fused-ring (bicyclic) bond motifs is 9. The molecule has 0 atom stereocenters. The van der Waals surface area contributed by atoms with Gasteiger partial charge < -0.3 is 4.90 Å². The second kappa shape index (κ2) is 10.8. The number of hydrogen-bond acceptors (Lipinski definition) is 2. The van der Waals surface area contributed by atoms with Gasteiger partial charge in [-0.2, -0.15) is 0 Å². The van der Waals surface area contributed by atoms with Crippen molar-refractivity contribution in [2.24, 2.45) is 0 Å². The lowest BCUT2D eigenvalue weighted by Gasteiger charge is -2.28. The average molecular weight is 628 g/mol. The van der Waals surface area contributed by atoms with Crippen LogP contribution in [0.3, 0.4) is 0 Å². The van der Waals surface area contributed by atoms with Crippen LogP contribution in [0.5, 0.6) is 0 Å². The first-order valence-electron chi connectivity index (χ1n) is 16.4. The summed E-state index contributed by atoms with van der Waals surface area (Å²) in [5, 5.41) is 12.8. The van der Waals surface area contributed by atoms with Gasteiger partial charge in [-0.05, 0) is 91.3 Å². The van der Waals surface area contributed by atoms with E-state index in [4.69, 9.17) is 0 Å². The van der Waals surface area contributed by atoms with E-state index in [0.29, 0.717) is 0 Å². The fraction of sp³-hybridized carbons (Fsp3) is 0. The number of thiophene rings is 1. The average Bonchev–Trinajstić information content (AvgIpc) is 3.51. The van der Waals surface area contributed by atoms with Gasteiger partial charge in [-0.3, -0.25) is 0 Å². The van der Waals surface area contributed by atoms with Crippen molar-refractivity contribution in [3.8, 4) is 11.1 Å². The zero-order valence-corrected chi connectivity index (χ0v) is 26.9. The van der Waals surface area contributed by atoms with Gasteiger partial charge in [0.25, 0.3) is 0 Å². The Kier molecular flexibility index (Phi) is 6.12. The molecule has 0 saturated carbocycles.